The molecule has 27 heavy (non-hydrogen) atoms. The van der Waals surface area contributed by atoms with Crippen LogP contribution < -0.4 is 9.80 Å². The Bertz CT molecular complexity index is 814. The Morgan fingerprint density at radius 2 is 1.93 bits per heavy atom. The van der Waals surface area contributed by atoms with Crippen LogP contribution in [0.5, 0.6) is 0 Å². The molecule has 0 N–H and O–H groups in total. The Labute approximate surface area is 159 Å². The van der Waals surface area contributed by atoms with Crippen LogP contribution >= 0.6 is 0 Å². The van der Waals surface area contributed by atoms with Crippen LogP contribution in [0.2, 0.25) is 0 Å². The standard InChI is InChI=1S/C19H28N6O2/c1-3-27-18(26)14-8-7-11-25(13-14)19-21-16-15(12-20-23(16)2)17(22-19)24-9-5-4-6-10-24/h12,14H,3-11,13H2,1-2H3/t14-/m1/s1. The number of piperidine rings is 2. The van der Waals surface area contributed by atoms with Crippen molar-refractivity contribution in [1.82, 2.24) is 19.7 Å². The highest BCUT2D eigenvalue weighted by Crippen LogP contribution is 2.30. The number of ether oxygens (including phenoxy) is 1. The maximum Gasteiger partial charge on any atom is 0.310 e. The number of aromatic nitrogens is 4. The molecule has 0 unspecified atom stereocenters. The van der Waals surface area contributed by atoms with E-state index in [2.05, 4.69) is 14.9 Å². The number of hydrogen-bond donors (Lipinski definition) is 0. The zero-order valence-electron chi connectivity index (χ0n) is 16.2. The summed E-state index contributed by atoms with van der Waals surface area (Å²) in [5.74, 6) is 1.45. The van der Waals surface area contributed by atoms with E-state index in [4.69, 9.17) is 14.7 Å². The number of nitrogens with zero attached hydrogens (tertiary/aromatic N) is 6. The Morgan fingerprint density at radius 3 is 2.70 bits per heavy atom. The normalized spacial score (nSPS) is 20.9. The van der Waals surface area contributed by atoms with Gasteiger partial charge in [-0.2, -0.15) is 15.1 Å². The van der Waals surface area contributed by atoms with Gasteiger partial charge in [-0.15, -0.1) is 0 Å². The molecular formula is C19H28N6O2. The summed E-state index contributed by atoms with van der Waals surface area (Å²) in [7, 11) is 1.91. The van der Waals surface area contributed by atoms with Crippen LogP contribution in [-0.4, -0.2) is 58.5 Å². The van der Waals surface area contributed by atoms with Gasteiger partial charge < -0.3 is 14.5 Å². The van der Waals surface area contributed by atoms with Crippen LogP contribution in [0.15, 0.2) is 6.20 Å². The van der Waals surface area contributed by atoms with Gasteiger partial charge in [-0.1, -0.05) is 0 Å². The minimum atomic E-state index is -0.111. The minimum Gasteiger partial charge on any atom is -0.466 e. The van der Waals surface area contributed by atoms with Crippen molar-refractivity contribution in [2.45, 2.75) is 39.0 Å². The molecule has 0 amide bonds. The van der Waals surface area contributed by atoms with E-state index < -0.39 is 0 Å². The number of aryl methyl sites for hydroxylation is 1. The first kappa shape index (κ1) is 18.0. The molecule has 4 rings (SSSR count). The molecule has 4 heterocycles. The van der Waals surface area contributed by atoms with Gasteiger partial charge in [-0.3, -0.25) is 9.48 Å². The van der Waals surface area contributed by atoms with Crippen LogP contribution in [-0.2, 0) is 16.6 Å². The molecule has 2 aliphatic rings. The number of carbonyl (C=O) groups excluding carboxylic acids is 1. The maximum absolute atomic E-state index is 12.2. The molecule has 1 atom stereocenters. The molecule has 8 heteroatoms. The Balaban J connectivity index is 1.66. The average Bonchev–Trinajstić information content (AvgIpc) is 3.09. The van der Waals surface area contributed by atoms with Gasteiger partial charge in [0.15, 0.2) is 5.65 Å². The van der Waals surface area contributed by atoms with Crippen LogP contribution in [0, 0.1) is 5.92 Å². The lowest BCUT2D eigenvalue weighted by Crippen LogP contribution is -2.40. The van der Waals surface area contributed by atoms with Crippen LogP contribution in [0.4, 0.5) is 11.8 Å². The molecule has 8 nitrogen and oxygen atoms in total. The molecule has 0 radical (unpaired) electrons. The van der Waals surface area contributed by atoms with Gasteiger partial charge in [0.05, 0.1) is 24.1 Å². The maximum atomic E-state index is 12.2. The van der Waals surface area contributed by atoms with E-state index >= 15 is 0 Å². The van der Waals surface area contributed by atoms with Crippen molar-refractivity contribution in [3.05, 3.63) is 6.20 Å². The molecule has 0 saturated carbocycles. The van der Waals surface area contributed by atoms with Crippen molar-refractivity contribution in [2.24, 2.45) is 13.0 Å². The number of fused-ring (bicyclic) bond motifs is 1. The molecule has 2 aromatic rings. The van der Waals surface area contributed by atoms with Gasteiger partial charge in [-0.05, 0) is 39.0 Å². The second-order valence-corrected chi connectivity index (χ2v) is 7.44. The topological polar surface area (TPSA) is 76.4 Å². The molecule has 2 aliphatic heterocycles. The number of hydrogen-bond acceptors (Lipinski definition) is 7. The fourth-order valence-corrected chi connectivity index (χ4v) is 4.10. The van der Waals surface area contributed by atoms with Crippen molar-refractivity contribution < 1.29 is 9.53 Å². The second-order valence-electron chi connectivity index (χ2n) is 7.44. The fraction of sp³-hybridized carbons (Fsp3) is 0.684. The zero-order chi connectivity index (χ0) is 18.8. The van der Waals surface area contributed by atoms with Crippen molar-refractivity contribution in [3.63, 3.8) is 0 Å². The molecule has 146 valence electrons. The summed E-state index contributed by atoms with van der Waals surface area (Å²) in [6, 6.07) is 0. The first-order valence-corrected chi connectivity index (χ1v) is 10.0. The third-order valence-electron chi connectivity index (χ3n) is 5.54. The SMILES string of the molecule is CCOC(=O)[C@@H]1CCCN(c2nc(N3CCCCC3)c3cnn(C)c3n2)C1. The molecule has 0 spiro atoms. The third kappa shape index (κ3) is 3.57. The monoisotopic (exact) mass is 372 g/mol. The van der Waals surface area contributed by atoms with E-state index in [1.807, 2.05) is 20.2 Å². The zero-order valence-corrected chi connectivity index (χ0v) is 16.2. The second kappa shape index (κ2) is 7.70. The Hall–Kier alpha value is -2.38. The minimum absolute atomic E-state index is 0.108. The first-order chi connectivity index (χ1) is 13.2. The Morgan fingerprint density at radius 1 is 1.15 bits per heavy atom. The van der Waals surface area contributed by atoms with E-state index in [9.17, 15) is 4.79 Å². The number of esters is 1. The van der Waals surface area contributed by atoms with Crippen molar-refractivity contribution in [1.29, 1.82) is 0 Å². The number of rotatable bonds is 4. The smallest absolute Gasteiger partial charge is 0.310 e. The van der Waals surface area contributed by atoms with Crippen LogP contribution in [0.1, 0.15) is 39.0 Å². The predicted molar refractivity (Wildman–Crippen MR) is 104 cm³/mol. The third-order valence-corrected chi connectivity index (χ3v) is 5.54. The van der Waals surface area contributed by atoms with E-state index in [0.717, 1.165) is 49.3 Å². The van der Waals surface area contributed by atoms with Gasteiger partial charge in [0, 0.05) is 33.2 Å². The predicted octanol–water partition coefficient (Wildman–Crippen LogP) is 2.13. The van der Waals surface area contributed by atoms with Gasteiger partial charge in [-0.25, -0.2) is 0 Å². The number of anilines is 2. The summed E-state index contributed by atoms with van der Waals surface area (Å²) in [5, 5.41) is 5.40. The van der Waals surface area contributed by atoms with E-state index in [0.29, 0.717) is 19.1 Å². The lowest BCUT2D eigenvalue weighted by atomic mass is 9.98. The van der Waals surface area contributed by atoms with E-state index in [1.165, 1.54) is 19.3 Å². The highest BCUT2D eigenvalue weighted by molar-refractivity contribution is 5.88. The molecular weight excluding hydrogens is 344 g/mol. The van der Waals surface area contributed by atoms with Crippen LogP contribution in [0.25, 0.3) is 11.0 Å². The summed E-state index contributed by atoms with van der Waals surface area (Å²) in [6.45, 7) is 5.78. The molecule has 2 fully saturated rings. The summed E-state index contributed by atoms with van der Waals surface area (Å²) in [4.78, 5) is 26.4. The first-order valence-electron chi connectivity index (χ1n) is 10.0. The average molecular weight is 372 g/mol. The molecule has 2 aromatic heterocycles. The molecule has 0 bridgehead atoms. The quantitative estimate of drug-likeness (QED) is 0.761. The van der Waals surface area contributed by atoms with Gasteiger partial charge in [0.25, 0.3) is 0 Å². The molecule has 0 aromatic carbocycles. The highest BCUT2D eigenvalue weighted by atomic mass is 16.5. The van der Waals surface area contributed by atoms with Gasteiger partial charge in [0.1, 0.15) is 5.82 Å². The van der Waals surface area contributed by atoms with Crippen molar-refractivity contribution in [3.8, 4) is 0 Å². The summed E-state index contributed by atoms with van der Waals surface area (Å²) < 4.78 is 7.04. The summed E-state index contributed by atoms with van der Waals surface area (Å²) in [5.41, 5.74) is 0.846. The van der Waals surface area contributed by atoms with Gasteiger partial charge in [0.2, 0.25) is 5.95 Å². The number of carbonyl (C=O) groups is 1. The lowest BCUT2D eigenvalue weighted by molar-refractivity contribution is -0.148. The van der Waals surface area contributed by atoms with Crippen molar-refractivity contribution in [2.75, 3.05) is 42.6 Å². The Kier molecular flexibility index (Phi) is 5.13. The lowest BCUT2D eigenvalue weighted by Gasteiger charge is -2.33. The highest BCUT2D eigenvalue weighted by Gasteiger charge is 2.29. The summed E-state index contributed by atoms with van der Waals surface area (Å²) in [6.07, 6.45) is 7.32. The largest absolute Gasteiger partial charge is 0.466 e. The van der Waals surface area contributed by atoms with Crippen molar-refractivity contribution >= 4 is 28.8 Å². The van der Waals surface area contributed by atoms with Gasteiger partial charge >= 0.3 is 5.97 Å². The summed E-state index contributed by atoms with van der Waals surface area (Å²) >= 11 is 0. The molecule has 2 saturated heterocycles. The van der Waals surface area contributed by atoms with Crippen LogP contribution in [0.3, 0.4) is 0 Å². The van der Waals surface area contributed by atoms with E-state index in [1.54, 1.807) is 4.68 Å². The fourth-order valence-electron chi connectivity index (χ4n) is 4.10. The van der Waals surface area contributed by atoms with E-state index in [-0.39, 0.29) is 11.9 Å². The molecule has 0 aliphatic carbocycles.